The van der Waals surface area contributed by atoms with Gasteiger partial charge in [0, 0.05) is 5.39 Å². The van der Waals surface area contributed by atoms with Gasteiger partial charge < -0.3 is 5.11 Å². The number of aryl methyl sites for hydroxylation is 1. The van der Waals surface area contributed by atoms with E-state index in [1.807, 2.05) is 44.2 Å². The van der Waals surface area contributed by atoms with Crippen LogP contribution in [0.5, 0.6) is 5.75 Å². The highest BCUT2D eigenvalue weighted by molar-refractivity contribution is 7.91. The largest absolute Gasteiger partial charge is 0.507 e. The predicted octanol–water partition coefficient (Wildman–Crippen LogP) is 6.85. The summed E-state index contributed by atoms with van der Waals surface area (Å²) in [5, 5.41) is 12.6. The summed E-state index contributed by atoms with van der Waals surface area (Å²) >= 11 is 0. The molecule has 3 aromatic rings. The zero-order valence-electron chi connectivity index (χ0n) is 19.4. The van der Waals surface area contributed by atoms with Gasteiger partial charge in [-0.3, -0.25) is 0 Å². The molecule has 0 bridgehead atoms. The molecule has 3 rings (SSSR count). The van der Waals surface area contributed by atoms with Gasteiger partial charge in [-0.05, 0) is 81.2 Å². The number of hydrogen-bond donors (Lipinski definition) is 1. The second-order valence-corrected chi connectivity index (χ2v) is 10.5. The van der Waals surface area contributed by atoms with Crippen LogP contribution in [0.1, 0.15) is 43.4 Å². The molecular formula is C28H32O3S. The van der Waals surface area contributed by atoms with Gasteiger partial charge in [0.05, 0.1) is 10.6 Å². The van der Waals surface area contributed by atoms with Crippen molar-refractivity contribution in [2.75, 3.05) is 5.75 Å². The number of allylic oxidation sites excluding steroid dienone is 3. The quantitative estimate of drug-likeness (QED) is 0.383. The smallest absolute Gasteiger partial charge is 0.182 e. The Bertz CT molecular complexity index is 1270. The Morgan fingerprint density at radius 3 is 2.16 bits per heavy atom. The molecule has 0 spiro atoms. The highest BCUT2D eigenvalue weighted by atomic mass is 32.2. The van der Waals surface area contributed by atoms with Crippen molar-refractivity contribution in [3.8, 4) is 5.75 Å². The average molecular weight is 449 g/mol. The van der Waals surface area contributed by atoms with Gasteiger partial charge in [0.15, 0.2) is 9.84 Å². The fourth-order valence-electron chi connectivity index (χ4n) is 4.11. The minimum atomic E-state index is -3.29. The molecule has 0 aliphatic carbocycles. The van der Waals surface area contributed by atoms with Crippen LogP contribution in [0.15, 0.2) is 82.8 Å². The Balaban J connectivity index is 1.65. The van der Waals surface area contributed by atoms with Gasteiger partial charge in [0.1, 0.15) is 5.75 Å². The van der Waals surface area contributed by atoms with Gasteiger partial charge in [-0.15, -0.1) is 0 Å². The summed E-state index contributed by atoms with van der Waals surface area (Å²) in [5.41, 5.74) is 5.44. The van der Waals surface area contributed by atoms with Gasteiger partial charge in [0.25, 0.3) is 0 Å². The van der Waals surface area contributed by atoms with Crippen LogP contribution in [0.4, 0.5) is 0 Å². The van der Waals surface area contributed by atoms with Crippen molar-refractivity contribution in [2.24, 2.45) is 0 Å². The summed E-state index contributed by atoms with van der Waals surface area (Å²) < 4.78 is 25.0. The van der Waals surface area contributed by atoms with E-state index in [-0.39, 0.29) is 5.75 Å². The van der Waals surface area contributed by atoms with E-state index in [2.05, 4.69) is 26.0 Å². The Morgan fingerprint density at radius 2 is 1.47 bits per heavy atom. The van der Waals surface area contributed by atoms with Crippen molar-refractivity contribution in [1.29, 1.82) is 0 Å². The van der Waals surface area contributed by atoms with E-state index in [1.54, 1.807) is 24.3 Å². The van der Waals surface area contributed by atoms with Gasteiger partial charge in [0.2, 0.25) is 0 Å². The Labute approximate surface area is 192 Å². The maximum atomic E-state index is 12.5. The molecule has 168 valence electrons. The molecule has 3 nitrogen and oxygen atoms in total. The van der Waals surface area contributed by atoms with E-state index >= 15 is 0 Å². The summed E-state index contributed by atoms with van der Waals surface area (Å²) in [6.45, 7) is 8.08. The Kier molecular flexibility index (Phi) is 7.57. The average Bonchev–Trinajstić information content (AvgIpc) is 2.78. The van der Waals surface area contributed by atoms with Crippen molar-refractivity contribution in [1.82, 2.24) is 0 Å². The molecule has 0 amide bonds. The molecule has 0 heterocycles. The van der Waals surface area contributed by atoms with Crippen molar-refractivity contribution >= 4 is 20.6 Å². The first-order chi connectivity index (χ1) is 15.2. The van der Waals surface area contributed by atoms with E-state index in [0.29, 0.717) is 10.6 Å². The molecule has 3 aromatic carbocycles. The second-order valence-electron chi connectivity index (χ2n) is 8.54. The maximum Gasteiger partial charge on any atom is 0.182 e. The number of rotatable bonds is 8. The molecule has 0 saturated heterocycles. The molecule has 0 atom stereocenters. The standard InChI is InChI=1S/C28H32O3S/c1-20(11-10-12-21(2)19-32(30,31)24-13-6-5-7-14-24)17-18-25-22(3)26-15-8-9-16-27(26)28(29)23(25)4/h5-9,12-17,29H,10-11,18-19H2,1-4H3/b20-17+,21-12+. The lowest BCUT2D eigenvalue weighted by molar-refractivity contribution is 0.476. The number of aromatic hydroxyl groups is 1. The lowest BCUT2D eigenvalue weighted by Crippen LogP contribution is -2.07. The summed E-state index contributed by atoms with van der Waals surface area (Å²) in [6, 6.07) is 16.6. The third kappa shape index (κ3) is 5.49. The topological polar surface area (TPSA) is 54.4 Å². The Morgan fingerprint density at radius 1 is 0.844 bits per heavy atom. The number of phenols is 1. The molecule has 0 aliphatic heterocycles. The summed E-state index contributed by atoms with van der Waals surface area (Å²) in [4.78, 5) is 0.369. The van der Waals surface area contributed by atoms with Crippen LogP contribution < -0.4 is 0 Å². The van der Waals surface area contributed by atoms with E-state index in [9.17, 15) is 13.5 Å². The van der Waals surface area contributed by atoms with Gasteiger partial charge >= 0.3 is 0 Å². The van der Waals surface area contributed by atoms with Gasteiger partial charge in [-0.25, -0.2) is 8.42 Å². The molecular weight excluding hydrogens is 416 g/mol. The second kappa shape index (κ2) is 10.2. The molecule has 0 saturated carbocycles. The van der Waals surface area contributed by atoms with Crippen LogP contribution in [0, 0.1) is 13.8 Å². The first kappa shape index (κ1) is 23.8. The lowest BCUT2D eigenvalue weighted by Gasteiger charge is -2.15. The predicted molar refractivity (Wildman–Crippen MR) is 134 cm³/mol. The first-order valence-corrected chi connectivity index (χ1v) is 12.6. The SMILES string of the molecule is C/C(=C\Cc1c(C)c(O)c2ccccc2c1C)CC/C=C(\C)CS(=O)(=O)c1ccccc1. The minimum Gasteiger partial charge on any atom is -0.507 e. The molecule has 0 radical (unpaired) electrons. The highest BCUT2D eigenvalue weighted by Crippen LogP contribution is 2.35. The minimum absolute atomic E-state index is 0.0501. The van der Waals surface area contributed by atoms with Crippen LogP contribution in [0.25, 0.3) is 10.8 Å². The normalized spacial score (nSPS) is 13.0. The number of benzene rings is 3. The molecule has 0 fully saturated rings. The zero-order valence-corrected chi connectivity index (χ0v) is 20.2. The number of hydrogen-bond acceptors (Lipinski definition) is 3. The lowest BCUT2D eigenvalue weighted by atomic mass is 9.92. The monoisotopic (exact) mass is 448 g/mol. The highest BCUT2D eigenvalue weighted by Gasteiger charge is 2.14. The molecule has 0 aliphatic rings. The number of fused-ring (bicyclic) bond motifs is 1. The van der Waals surface area contributed by atoms with E-state index in [1.165, 1.54) is 16.7 Å². The van der Waals surface area contributed by atoms with Crippen molar-refractivity contribution in [3.63, 3.8) is 0 Å². The fraction of sp³-hybridized carbons (Fsp3) is 0.286. The van der Waals surface area contributed by atoms with E-state index in [0.717, 1.165) is 41.2 Å². The van der Waals surface area contributed by atoms with Crippen molar-refractivity contribution in [2.45, 2.75) is 51.9 Å². The summed E-state index contributed by atoms with van der Waals surface area (Å²) in [6.07, 6.45) is 6.69. The Hall–Kier alpha value is -2.85. The molecule has 0 unspecified atom stereocenters. The fourth-order valence-corrected chi connectivity index (χ4v) is 5.56. The third-order valence-electron chi connectivity index (χ3n) is 6.05. The van der Waals surface area contributed by atoms with Crippen molar-refractivity contribution < 1.29 is 13.5 Å². The molecule has 32 heavy (non-hydrogen) atoms. The zero-order chi connectivity index (χ0) is 23.3. The summed E-state index contributed by atoms with van der Waals surface area (Å²) in [5.74, 6) is 0.416. The van der Waals surface area contributed by atoms with Gasteiger partial charge in [-0.1, -0.05) is 65.8 Å². The van der Waals surface area contributed by atoms with Crippen LogP contribution in [0.2, 0.25) is 0 Å². The van der Waals surface area contributed by atoms with E-state index in [4.69, 9.17) is 0 Å². The van der Waals surface area contributed by atoms with E-state index < -0.39 is 9.84 Å². The number of sulfone groups is 1. The first-order valence-electron chi connectivity index (χ1n) is 11.0. The van der Waals surface area contributed by atoms with Crippen LogP contribution >= 0.6 is 0 Å². The molecule has 4 heteroatoms. The van der Waals surface area contributed by atoms with Crippen LogP contribution in [0.3, 0.4) is 0 Å². The van der Waals surface area contributed by atoms with Crippen molar-refractivity contribution in [3.05, 3.63) is 94.6 Å². The van der Waals surface area contributed by atoms with Gasteiger partial charge in [-0.2, -0.15) is 0 Å². The maximum absolute atomic E-state index is 12.5. The molecule has 0 aromatic heterocycles. The van der Waals surface area contributed by atoms with Crippen LogP contribution in [-0.2, 0) is 16.3 Å². The number of phenolic OH excluding ortho intramolecular Hbond substituents is 1. The summed E-state index contributed by atoms with van der Waals surface area (Å²) in [7, 11) is -3.29. The molecule has 1 N–H and O–H groups in total. The van der Waals surface area contributed by atoms with Crippen LogP contribution in [-0.4, -0.2) is 19.3 Å². The third-order valence-corrected chi connectivity index (χ3v) is 7.88.